The van der Waals surface area contributed by atoms with Crippen molar-refractivity contribution in [3.63, 3.8) is 0 Å². The number of rotatable bonds is 7. The highest BCUT2D eigenvalue weighted by molar-refractivity contribution is 7.98. The molecule has 0 aromatic rings. The largest absolute Gasteiger partial charge is 0.480 e. The van der Waals surface area contributed by atoms with Crippen LogP contribution in [-0.4, -0.2) is 52.7 Å². The molecule has 1 aliphatic heterocycles. The van der Waals surface area contributed by atoms with Crippen LogP contribution in [0.25, 0.3) is 0 Å². The Labute approximate surface area is 153 Å². The number of thiol groups is 1. The zero-order valence-electron chi connectivity index (χ0n) is 14.1. The molecule has 0 aliphatic carbocycles. The molecule has 2 amide bonds. The molecule has 3 N–H and O–H groups in total. The molecule has 0 saturated carbocycles. The summed E-state index contributed by atoms with van der Waals surface area (Å²) in [4.78, 5) is 36.1. The SMILES string of the molecule is CSCC[C@H](NC(=O)[C@H]1CCCCCC[C@H](CS)C(=O)N1)C(=O)O. The second kappa shape index (κ2) is 11.6. The minimum absolute atomic E-state index is 0.164. The lowest BCUT2D eigenvalue weighted by molar-refractivity contribution is -0.142. The van der Waals surface area contributed by atoms with E-state index in [1.807, 2.05) is 6.26 Å². The summed E-state index contributed by atoms with van der Waals surface area (Å²) in [6.07, 6.45) is 7.44. The minimum atomic E-state index is -1.04. The van der Waals surface area contributed by atoms with Crippen molar-refractivity contribution in [2.45, 2.75) is 57.0 Å². The highest BCUT2D eigenvalue weighted by Gasteiger charge is 2.28. The van der Waals surface area contributed by atoms with E-state index in [0.717, 1.165) is 32.1 Å². The zero-order chi connectivity index (χ0) is 17.9. The summed E-state index contributed by atoms with van der Waals surface area (Å²) in [5, 5.41) is 14.6. The van der Waals surface area contributed by atoms with Crippen molar-refractivity contribution in [2.24, 2.45) is 5.92 Å². The average molecular weight is 377 g/mol. The summed E-state index contributed by atoms with van der Waals surface area (Å²) in [6, 6.07) is -1.59. The first kappa shape index (κ1) is 21.2. The summed E-state index contributed by atoms with van der Waals surface area (Å²) in [7, 11) is 0. The fourth-order valence-corrected chi connectivity index (χ4v) is 3.54. The van der Waals surface area contributed by atoms with Gasteiger partial charge in [-0.05, 0) is 31.3 Å². The van der Waals surface area contributed by atoms with Gasteiger partial charge in [0.25, 0.3) is 0 Å². The Morgan fingerprint density at radius 1 is 1.33 bits per heavy atom. The first-order valence-electron chi connectivity index (χ1n) is 8.43. The number of carboxylic acids is 1. The van der Waals surface area contributed by atoms with E-state index in [4.69, 9.17) is 0 Å². The Balaban J connectivity index is 2.72. The number of carbonyl (C=O) groups is 3. The number of thioether (sulfide) groups is 1. The molecule has 138 valence electrons. The van der Waals surface area contributed by atoms with E-state index in [9.17, 15) is 19.5 Å². The van der Waals surface area contributed by atoms with Gasteiger partial charge in [-0.2, -0.15) is 24.4 Å². The van der Waals surface area contributed by atoms with Gasteiger partial charge >= 0.3 is 5.97 Å². The van der Waals surface area contributed by atoms with Crippen molar-refractivity contribution in [3.05, 3.63) is 0 Å². The number of carbonyl (C=O) groups excluding carboxylic acids is 2. The number of amides is 2. The van der Waals surface area contributed by atoms with Gasteiger partial charge in [0.15, 0.2) is 0 Å². The van der Waals surface area contributed by atoms with Crippen molar-refractivity contribution in [1.29, 1.82) is 0 Å². The highest BCUT2D eigenvalue weighted by atomic mass is 32.2. The number of hydrogen-bond donors (Lipinski definition) is 4. The molecule has 1 fully saturated rings. The van der Waals surface area contributed by atoms with Crippen LogP contribution in [-0.2, 0) is 14.4 Å². The van der Waals surface area contributed by atoms with Gasteiger partial charge in [0.2, 0.25) is 11.8 Å². The van der Waals surface area contributed by atoms with Crippen molar-refractivity contribution in [3.8, 4) is 0 Å². The molecule has 1 aliphatic rings. The fourth-order valence-electron chi connectivity index (χ4n) is 2.72. The molecule has 24 heavy (non-hydrogen) atoms. The van der Waals surface area contributed by atoms with Gasteiger partial charge in [-0.1, -0.05) is 25.7 Å². The summed E-state index contributed by atoms with van der Waals surface area (Å²) < 4.78 is 0. The fraction of sp³-hybridized carbons (Fsp3) is 0.812. The maximum absolute atomic E-state index is 12.5. The van der Waals surface area contributed by atoms with Gasteiger partial charge in [0.05, 0.1) is 0 Å². The predicted octanol–water partition coefficient (Wildman–Crippen LogP) is 1.69. The van der Waals surface area contributed by atoms with Crippen LogP contribution in [0.2, 0.25) is 0 Å². The molecule has 6 nitrogen and oxygen atoms in total. The van der Waals surface area contributed by atoms with Crippen molar-refractivity contribution in [1.82, 2.24) is 10.6 Å². The summed E-state index contributed by atoms with van der Waals surface area (Å²) in [5.74, 6) is -0.717. The molecule has 3 atom stereocenters. The molecule has 1 saturated heterocycles. The van der Waals surface area contributed by atoms with Gasteiger partial charge in [-0.3, -0.25) is 9.59 Å². The Morgan fingerprint density at radius 2 is 2.00 bits per heavy atom. The van der Waals surface area contributed by atoms with Crippen LogP contribution in [0, 0.1) is 5.92 Å². The summed E-state index contributed by atoms with van der Waals surface area (Å²) in [5.41, 5.74) is 0. The Morgan fingerprint density at radius 3 is 2.58 bits per heavy atom. The van der Waals surface area contributed by atoms with Crippen molar-refractivity contribution >= 4 is 42.2 Å². The topological polar surface area (TPSA) is 95.5 Å². The van der Waals surface area contributed by atoms with Gasteiger partial charge < -0.3 is 15.7 Å². The standard InChI is InChI=1S/C16H28N2O4S2/c1-24-9-8-13(16(21)22)18-15(20)12-7-5-3-2-4-6-11(10-23)14(19)17-12/h11-13,23H,2-10H2,1H3,(H,17,19)(H,18,20)(H,21,22)/t11-,12-,13+/m1/s1. The Bertz CT molecular complexity index is 434. The number of aliphatic carboxylic acids is 1. The van der Waals surface area contributed by atoms with Crippen LogP contribution in [0.3, 0.4) is 0 Å². The molecule has 0 radical (unpaired) electrons. The normalized spacial score (nSPS) is 23.8. The highest BCUT2D eigenvalue weighted by Crippen LogP contribution is 2.17. The Kier molecular flexibility index (Phi) is 10.2. The van der Waals surface area contributed by atoms with E-state index in [2.05, 4.69) is 23.3 Å². The number of carboxylic acid groups (broad SMARTS) is 1. The lowest BCUT2D eigenvalue weighted by atomic mass is 9.97. The smallest absolute Gasteiger partial charge is 0.326 e. The molecule has 0 unspecified atom stereocenters. The van der Waals surface area contributed by atoms with E-state index in [0.29, 0.717) is 24.3 Å². The third-order valence-electron chi connectivity index (χ3n) is 4.24. The molecular formula is C16H28N2O4S2. The second-order valence-corrected chi connectivity index (χ2v) is 7.46. The van der Waals surface area contributed by atoms with E-state index in [-0.39, 0.29) is 11.8 Å². The van der Waals surface area contributed by atoms with E-state index < -0.39 is 24.0 Å². The van der Waals surface area contributed by atoms with Gasteiger partial charge in [0, 0.05) is 11.7 Å². The van der Waals surface area contributed by atoms with Crippen LogP contribution >= 0.6 is 24.4 Å². The monoisotopic (exact) mass is 376 g/mol. The maximum atomic E-state index is 12.5. The van der Waals surface area contributed by atoms with E-state index in [1.54, 1.807) is 0 Å². The third kappa shape index (κ3) is 7.34. The van der Waals surface area contributed by atoms with Crippen LogP contribution in [0.4, 0.5) is 0 Å². The first-order valence-corrected chi connectivity index (χ1v) is 10.5. The van der Waals surface area contributed by atoms with Gasteiger partial charge in [0.1, 0.15) is 12.1 Å². The minimum Gasteiger partial charge on any atom is -0.480 e. The second-order valence-electron chi connectivity index (χ2n) is 6.11. The average Bonchev–Trinajstić information content (AvgIpc) is 2.56. The molecule has 1 heterocycles. The lowest BCUT2D eigenvalue weighted by Crippen LogP contribution is -2.53. The quantitative estimate of drug-likeness (QED) is 0.507. The molecule has 0 aromatic heterocycles. The molecule has 1 rings (SSSR count). The van der Waals surface area contributed by atoms with Gasteiger partial charge in [-0.15, -0.1) is 0 Å². The lowest BCUT2D eigenvalue weighted by Gasteiger charge is -2.24. The van der Waals surface area contributed by atoms with E-state index >= 15 is 0 Å². The zero-order valence-corrected chi connectivity index (χ0v) is 15.8. The molecule has 8 heteroatoms. The molecule has 0 spiro atoms. The number of hydrogen-bond acceptors (Lipinski definition) is 5. The summed E-state index contributed by atoms with van der Waals surface area (Å²) >= 11 is 5.76. The first-order chi connectivity index (χ1) is 11.5. The third-order valence-corrected chi connectivity index (χ3v) is 5.33. The molecule has 0 bridgehead atoms. The maximum Gasteiger partial charge on any atom is 0.326 e. The number of nitrogens with one attached hydrogen (secondary N) is 2. The van der Waals surface area contributed by atoms with Crippen molar-refractivity contribution in [2.75, 3.05) is 17.8 Å². The Hall–Kier alpha value is -0.890. The van der Waals surface area contributed by atoms with Crippen LogP contribution < -0.4 is 10.6 Å². The van der Waals surface area contributed by atoms with Gasteiger partial charge in [-0.25, -0.2) is 4.79 Å². The van der Waals surface area contributed by atoms with Crippen LogP contribution in [0.5, 0.6) is 0 Å². The predicted molar refractivity (Wildman–Crippen MR) is 99.5 cm³/mol. The van der Waals surface area contributed by atoms with Crippen LogP contribution in [0.15, 0.2) is 0 Å². The van der Waals surface area contributed by atoms with Crippen molar-refractivity contribution < 1.29 is 19.5 Å². The van der Waals surface area contributed by atoms with Crippen LogP contribution in [0.1, 0.15) is 44.9 Å². The molecular weight excluding hydrogens is 348 g/mol. The van der Waals surface area contributed by atoms with E-state index in [1.165, 1.54) is 11.8 Å². The molecule has 0 aromatic carbocycles. The summed E-state index contributed by atoms with van der Waals surface area (Å²) in [6.45, 7) is 0.